The van der Waals surface area contributed by atoms with E-state index in [4.69, 9.17) is 9.47 Å². The van der Waals surface area contributed by atoms with Crippen LogP contribution < -0.4 is 9.47 Å². The number of aryl methyl sites for hydroxylation is 1. The number of aliphatic hydroxyl groups excluding tert-OH is 1. The van der Waals surface area contributed by atoms with Gasteiger partial charge in [0.05, 0.1) is 35.4 Å². The second kappa shape index (κ2) is 8.00. The third-order valence-electron chi connectivity index (χ3n) is 3.02. The van der Waals surface area contributed by atoms with Crippen LogP contribution in [-0.4, -0.2) is 23.3 Å². The van der Waals surface area contributed by atoms with Crippen LogP contribution in [-0.2, 0) is 19.4 Å². The van der Waals surface area contributed by atoms with E-state index >= 15 is 0 Å². The van der Waals surface area contributed by atoms with E-state index in [1.165, 1.54) is 0 Å². The van der Waals surface area contributed by atoms with Crippen molar-refractivity contribution in [3.63, 3.8) is 0 Å². The van der Waals surface area contributed by atoms with E-state index in [0.29, 0.717) is 13.2 Å². The first kappa shape index (κ1) is 15.8. The largest absolute Gasteiger partial charge is 0.490 e. The first-order valence-electron chi connectivity index (χ1n) is 7.21. The van der Waals surface area contributed by atoms with E-state index < -0.39 is 0 Å². The number of benzene rings is 1. The Labute approximate surface area is 129 Å². The highest BCUT2D eigenvalue weighted by Gasteiger charge is 2.09. The summed E-state index contributed by atoms with van der Waals surface area (Å²) in [5.41, 5.74) is 0.993. The zero-order valence-corrected chi connectivity index (χ0v) is 13.3. The quantitative estimate of drug-likeness (QED) is 0.813. The van der Waals surface area contributed by atoms with Crippen molar-refractivity contribution in [2.24, 2.45) is 0 Å². The zero-order valence-electron chi connectivity index (χ0n) is 12.5. The van der Waals surface area contributed by atoms with Gasteiger partial charge < -0.3 is 14.6 Å². The van der Waals surface area contributed by atoms with E-state index in [1.54, 1.807) is 11.3 Å². The van der Waals surface area contributed by atoms with Gasteiger partial charge in [-0.2, -0.15) is 0 Å². The lowest BCUT2D eigenvalue weighted by Crippen LogP contribution is -2.03. The first-order chi connectivity index (χ1) is 10.3. The van der Waals surface area contributed by atoms with Crippen molar-refractivity contribution >= 4 is 11.3 Å². The molecule has 1 N–H and O–H groups in total. The fourth-order valence-electron chi connectivity index (χ4n) is 2.04. The number of aliphatic hydroxyl groups is 1. The van der Waals surface area contributed by atoms with Gasteiger partial charge in [-0.05, 0) is 25.5 Å². The van der Waals surface area contributed by atoms with Gasteiger partial charge in [-0.1, -0.05) is 19.1 Å². The van der Waals surface area contributed by atoms with Gasteiger partial charge in [0.2, 0.25) is 0 Å². The van der Waals surface area contributed by atoms with Gasteiger partial charge >= 0.3 is 0 Å². The Morgan fingerprint density at radius 1 is 1.14 bits per heavy atom. The van der Waals surface area contributed by atoms with Gasteiger partial charge in [-0.3, -0.25) is 0 Å². The van der Waals surface area contributed by atoms with Gasteiger partial charge in [-0.15, -0.1) is 11.3 Å². The van der Waals surface area contributed by atoms with Crippen LogP contribution in [0.15, 0.2) is 24.3 Å². The molecule has 5 heteroatoms. The fraction of sp³-hybridized carbons (Fsp3) is 0.438. The maximum Gasteiger partial charge on any atom is 0.161 e. The molecule has 0 saturated carbocycles. The molecule has 0 spiro atoms. The smallest absolute Gasteiger partial charge is 0.161 e. The van der Waals surface area contributed by atoms with Crippen molar-refractivity contribution in [3.8, 4) is 11.5 Å². The number of rotatable bonds is 8. The van der Waals surface area contributed by atoms with Crippen molar-refractivity contribution in [1.29, 1.82) is 0 Å². The van der Waals surface area contributed by atoms with Gasteiger partial charge in [0.15, 0.2) is 11.5 Å². The molecule has 0 radical (unpaired) electrons. The highest BCUT2D eigenvalue weighted by atomic mass is 32.1. The summed E-state index contributed by atoms with van der Waals surface area (Å²) in [4.78, 5) is 5.50. The Morgan fingerprint density at radius 2 is 1.86 bits per heavy atom. The standard InChI is InChI=1S/C16H21NO3S/c1-3-12-15(11-18)21-16(17-12)9-10-20-14-8-6-5-7-13(14)19-4-2/h5-8,18H,3-4,9-11H2,1-2H3. The summed E-state index contributed by atoms with van der Waals surface area (Å²) in [6.07, 6.45) is 1.58. The second-order valence-corrected chi connectivity index (χ2v) is 5.64. The number of hydrogen-bond acceptors (Lipinski definition) is 5. The van der Waals surface area contributed by atoms with Crippen LogP contribution in [0.25, 0.3) is 0 Å². The van der Waals surface area contributed by atoms with Crippen LogP contribution in [0.3, 0.4) is 0 Å². The summed E-state index contributed by atoms with van der Waals surface area (Å²) in [6, 6.07) is 7.67. The summed E-state index contributed by atoms with van der Waals surface area (Å²) < 4.78 is 11.3. The van der Waals surface area contributed by atoms with Gasteiger partial charge in [0.25, 0.3) is 0 Å². The molecule has 0 fully saturated rings. The topological polar surface area (TPSA) is 51.6 Å². The number of hydrogen-bond donors (Lipinski definition) is 1. The SMILES string of the molecule is CCOc1ccccc1OCCc1nc(CC)c(CO)s1. The Balaban J connectivity index is 1.94. The minimum Gasteiger partial charge on any atom is -0.490 e. The average Bonchev–Trinajstić information content (AvgIpc) is 2.91. The molecule has 1 aromatic carbocycles. The highest BCUT2D eigenvalue weighted by molar-refractivity contribution is 7.11. The van der Waals surface area contributed by atoms with Crippen LogP contribution in [0, 0.1) is 0 Å². The van der Waals surface area contributed by atoms with Crippen molar-refractivity contribution in [3.05, 3.63) is 39.8 Å². The summed E-state index contributed by atoms with van der Waals surface area (Å²) in [6.45, 7) is 5.23. The molecule has 0 amide bonds. The van der Waals surface area contributed by atoms with Crippen LogP contribution in [0.1, 0.15) is 29.4 Å². The van der Waals surface area contributed by atoms with Crippen LogP contribution in [0.4, 0.5) is 0 Å². The van der Waals surface area contributed by atoms with Crippen molar-refractivity contribution in [2.45, 2.75) is 33.3 Å². The number of nitrogens with zero attached hydrogens (tertiary/aromatic N) is 1. The molecule has 0 atom stereocenters. The van der Waals surface area contributed by atoms with E-state index in [1.807, 2.05) is 38.1 Å². The number of ether oxygens (including phenoxy) is 2. The van der Waals surface area contributed by atoms with E-state index in [0.717, 1.165) is 39.9 Å². The molecule has 0 aliphatic rings. The second-order valence-electron chi connectivity index (χ2n) is 4.47. The number of aromatic nitrogens is 1. The van der Waals surface area contributed by atoms with E-state index in [9.17, 15) is 5.11 Å². The fourth-order valence-corrected chi connectivity index (χ4v) is 3.03. The van der Waals surface area contributed by atoms with Gasteiger partial charge in [0.1, 0.15) is 0 Å². The summed E-state index contributed by atoms with van der Waals surface area (Å²) in [7, 11) is 0. The maximum absolute atomic E-state index is 9.28. The van der Waals surface area contributed by atoms with Crippen molar-refractivity contribution in [1.82, 2.24) is 4.98 Å². The first-order valence-corrected chi connectivity index (χ1v) is 8.03. The van der Waals surface area contributed by atoms with Crippen LogP contribution in [0.2, 0.25) is 0 Å². The summed E-state index contributed by atoms with van der Waals surface area (Å²) in [5.74, 6) is 1.53. The molecule has 2 aromatic rings. The van der Waals surface area contributed by atoms with E-state index in [2.05, 4.69) is 4.98 Å². The average molecular weight is 307 g/mol. The maximum atomic E-state index is 9.28. The molecule has 2 rings (SSSR count). The predicted molar refractivity (Wildman–Crippen MR) is 84.2 cm³/mol. The summed E-state index contributed by atoms with van der Waals surface area (Å²) >= 11 is 1.56. The molecule has 0 aliphatic heterocycles. The Hall–Kier alpha value is -1.59. The Kier molecular flexibility index (Phi) is 6.02. The molecule has 4 nitrogen and oxygen atoms in total. The Bertz CT molecular complexity index is 547. The van der Waals surface area contributed by atoms with Crippen molar-refractivity contribution < 1.29 is 14.6 Å². The summed E-state index contributed by atoms with van der Waals surface area (Å²) in [5, 5.41) is 10.3. The molecular formula is C16H21NO3S. The third kappa shape index (κ3) is 4.19. The third-order valence-corrected chi connectivity index (χ3v) is 4.17. The lowest BCUT2D eigenvalue weighted by atomic mass is 10.3. The molecule has 0 unspecified atom stereocenters. The Morgan fingerprint density at radius 3 is 2.43 bits per heavy atom. The molecule has 114 valence electrons. The number of para-hydroxylation sites is 2. The van der Waals surface area contributed by atoms with E-state index in [-0.39, 0.29) is 6.61 Å². The molecule has 0 aliphatic carbocycles. The lowest BCUT2D eigenvalue weighted by Gasteiger charge is -2.10. The van der Waals surface area contributed by atoms with Crippen molar-refractivity contribution in [2.75, 3.05) is 13.2 Å². The molecule has 0 bridgehead atoms. The molecule has 1 aromatic heterocycles. The minimum absolute atomic E-state index is 0.0644. The molecular weight excluding hydrogens is 286 g/mol. The minimum atomic E-state index is 0.0644. The normalized spacial score (nSPS) is 10.6. The van der Waals surface area contributed by atoms with Crippen LogP contribution in [0.5, 0.6) is 11.5 Å². The van der Waals surface area contributed by atoms with Gasteiger partial charge in [0, 0.05) is 6.42 Å². The molecule has 0 saturated heterocycles. The lowest BCUT2D eigenvalue weighted by molar-refractivity contribution is 0.279. The van der Waals surface area contributed by atoms with Gasteiger partial charge in [-0.25, -0.2) is 4.98 Å². The molecule has 21 heavy (non-hydrogen) atoms. The predicted octanol–water partition coefficient (Wildman–Crippen LogP) is 3.22. The number of thiazole rings is 1. The highest BCUT2D eigenvalue weighted by Crippen LogP contribution is 2.27. The zero-order chi connectivity index (χ0) is 15.1. The van der Waals surface area contributed by atoms with Crippen LogP contribution >= 0.6 is 11.3 Å². The monoisotopic (exact) mass is 307 g/mol. The molecule has 1 heterocycles.